The van der Waals surface area contributed by atoms with Crippen LogP contribution in [0.3, 0.4) is 0 Å². The maximum atomic E-state index is 12.5. The molecule has 0 aliphatic heterocycles. The molecule has 4 nitrogen and oxygen atoms in total. The number of fused-ring (bicyclic) bond motifs is 1. The average Bonchev–Trinajstić information content (AvgIpc) is 2.52. The predicted molar refractivity (Wildman–Crippen MR) is 79.8 cm³/mol. The van der Waals surface area contributed by atoms with Gasteiger partial charge in [-0.05, 0) is 24.3 Å². The van der Waals surface area contributed by atoms with Gasteiger partial charge in [0, 0.05) is 17.3 Å². The molecule has 104 valence electrons. The summed E-state index contributed by atoms with van der Waals surface area (Å²) in [4.78, 5) is 24.8. The van der Waals surface area contributed by atoms with Crippen LogP contribution in [0.5, 0.6) is 5.75 Å². The van der Waals surface area contributed by atoms with Crippen LogP contribution in [0, 0.1) is 0 Å². The number of allylic oxidation sites excluding steroid dienone is 2. The predicted octanol–water partition coefficient (Wildman–Crippen LogP) is 3.07. The zero-order valence-electron chi connectivity index (χ0n) is 11.4. The number of hydrogen-bond donors (Lipinski definition) is 1. The molecule has 0 aromatic heterocycles. The Hall–Kier alpha value is -2.88. The van der Waals surface area contributed by atoms with Crippen LogP contribution in [0.4, 0.5) is 5.69 Å². The number of para-hydroxylation sites is 1. The third-order valence-electron chi connectivity index (χ3n) is 3.31. The number of ether oxygens (including phenoxy) is 1. The highest BCUT2D eigenvalue weighted by Gasteiger charge is 2.28. The first kappa shape index (κ1) is 13.1. The Bertz CT molecular complexity index is 748. The molecule has 21 heavy (non-hydrogen) atoms. The molecule has 0 heterocycles. The van der Waals surface area contributed by atoms with E-state index in [2.05, 4.69) is 5.32 Å². The monoisotopic (exact) mass is 279 g/mol. The third-order valence-corrected chi connectivity index (χ3v) is 3.31. The first-order valence-corrected chi connectivity index (χ1v) is 6.50. The topological polar surface area (TPSA) is 55.4 Å². The first-order chi connectivity index (χ1) is 10.2. The normalized spacial score (nSPS) is 13.5. The summed E-state index contributed by atoms with van der Waals surface area (Å²) in [5.74, 6) is -0.0336. The van der Waals surface area contributed by atoms with E-state index in [0.29, 0.717) is 16.9 Å². The lowest BCUT2D eigenvalue weighted by molar-refractivity contribution is 0.0983. The average molecular weight is 279 g/mol. The van der Waals surface area contributed by atoms with Gasteiger partial charge in [-0.1, -0.05) is 24.3 Å². The number of ketones is 2. The lowest BCUT2D eigenvalue weighted by atomic mass is 9.91. The highest BCUT2D eigenvalue weighted by molar-refractivity contribution is 6.26. The number of rotatable bonds is 3. The summed E-state index contributed by atoms with van der Waals surface area (Å²) in [6, 6.07) is 14.3. The maximum absolute atomic E-state index is 12.5. The van der Waals surface area contributed by atoms with Crippen LogP contribution in [0.1, 0.15) is 20.7 Å². The Morgan fingerprint density at radius 3 is 2.43 bits per heavy atom. The van der Waals surface area contributed by atoms with Crippen molar-refractivity contribution in [2.75, 3.05) is 12.4 Å². The van der Waals surface area contributed by atoms with Gasteiger partial charge in [-0.3, -0.25) is 9.59 Å². The van der Waals surface area contributed by atoms with Crippen molar-refractivity contribution in [1.29, 1.82) is 0 Å². The number of anilines is 1. The molecule has 0 atom stereocenters. The second-order valence-electron chi connectivity index (χ2n) is 4.63. The number of methoxy groups -OCH3 is 1. The Kier molecular flexibility index (Phi) is 3.28. The smallest absolute Gasteiger partial charge is 0.210 e. The van der Waals surface area contributed by atoms with E-state index in [9.17, 15) is 9.59 Å². The number of benzene rings is 2. The molecule has 1 aliphatic rings. The van der Waals surface area contributed by atoms with Crippen molar-refractivity contribution in [3.05, 3.63) is 71.4 Å². The molecule has 0 bridgehead atoms. The van der Waals surface area contributed by atoms with Crippen molar-refractivity contribution in [3.8, 4) is 5.75 Å². The van der Waals surface area contributed by atoms with Gasteiger partial charge >= 0.3 is 0 Å². The van der Waals surface area contributed by atoms with Crippen molar-refractivity contribution in [2.24, 2.45) is 0 Å². The molecular formula is C17H13NO3. The Balaban J connectivity index is 2.01. The summed E-state index contributed by atoms with van der Waals surface area (Å²) in [7, 11) is 1.48. The lowest BCUT2D eigenvalue weighted by Crippen LogP contribution is -2.22. The first-order valence-electron chi connectivity index (χ1n) is 6.50. The molecule has 0 spiro atoms. The SMILES string of the molecule is COc1cccc2c1C(=O)C=C(Nc1ccccc1)C2=O. The zero-order chi connectivity index (χ0) is 14.8. The highest BCUT2D eigenvalue weighted by Crippen LogP contribution is 2.29. The van der Waals surface area contributed by atoms with Crippen LogP contribution in [-0.4, -0.2) is 18.7 Å². The summed E-state index contributed by atoms with van der Waals surface area (Å²) in [5, 5.41) is 2.99. The van der Waals surface area contributed by atoms with E-state index >= 15 is 0 Å². The van der Waals surface area contributed by atoms with Gasteiger partial charge in [0.1, 0.15) is 5.75 Å². The minimum Gasteiger partial charge on any atom is -0.496 e. The molecule has 1 N–H and O–H groups in total. The molecule has 0 unspecified atom stereocenters. The van der Waals surface area contributed by atoms with Crippen LogP contribution in [-0.2, 0) is 0 Å². The van der Waals surface area contributed by atoms with Crippen LogP contribution in [0.2, 0.25) is 0 Å². The van der Waals surface area contributed by atoms with Gasteiger partial charge in [-0.15, -0.1) is 0 Å². The fraction of sp³-hybridized carbons (Fsp3) is 0.0588. The van der Waals surface area contributed by atoms with Crippen LogP contribution < -0.4 is 10.1 Å². The minimum atomic E-state index is -0.236. The van der Waals surface area contributed by atoms with Crippen LogP contribution in [0.15, 0.2) is 60.3 Å². The molecule has 0 saturated carbocycles. The molecule has 1 aliphatic carbocycles. The molecule has 4 heteroatoms. The fourth-order valence-corrected chi connectivity index (χ4v) is 2.33. The van der Waals surface area contributed by atoms with Gasteiger partial charge in [0.2, 0.25) is 5.78 Å². The second kappa shape index (κ2) is 5.25. The molecule has 2 aromatic carbocycles. The Labute approximate surface area is 122 Å². The van der Waals surface area contributed by atoms with Gasteiger partial charge in [0.15, 0.2) is 5.78 Å². The van der Waals surface area contributed by atoms with Crippen molar-refractivity contribution >= 4 is 17.3 Å². The fourth-order valence-electron chi connectivity index (χ4n) is 2.33. The Morgan fingerprint density at radius 1 is 0.952 bits per heavy atom. The summed E-state index contributed by atoms with van der Waals surface area (Å²) < 4.78 is 5.16. The Morgan fingerprint density at radius 2 is 1.71 bits per heavy atom. The van der Waals surface area contributed by atoms with E-state index in [1.54, 1.807) is 18.2 Å². The van der Waals surface area contributed by atoms with E-state index in [1.165, 1.54) is 13.2 Å². The molecule has 0 saturated heterocycles. The van der Waals surface area contributed by atoms with E-state index in [4.69, 9.17) is 4.74 Å². The van der Waals surface area contributed by atoms with E-state index in [1.807, 2.05) is 30.3 Å². The summed E-state index contributed by atoms with van der Waals surface area (Å²) >= 11 is 0. The quantitative estimate of drug-likeness (QED) is 0.938. The summed E-state index contributed by atoms with van der Waals surface area (Å²) in [6.45, 7) is 0. The highest BCUT2D eigenvalue weighted by atomic mass is 16.5. The van der Waals surface area contributed by atoms with Crippen LogP contribution >= 0.6 is 0 Å². The standard InChI is InChI=1S/C17H13NO3/c1-21-15-9-5-8-12-16(15)14(19)10-13(17(12)20)18-11-6-3-2-4-7-11/h2-10,18H,1H3. The van der Waals surface area contributed by atoms with E-state index in [0.717, 1.165) is 5.69 Å². The number of Topliss-reactive ketones (excluding diaryl/α,β-unsaturated/α-hetero) is 1. The molecule has 2 aromatic rings. The van der Waals surface area contributed by atoms with Crippen molar-refractivity contribution < 1.29 is 14.3 Å². The third kappa shape index (κ3) is 2.31. The van der Waals surface area contributed by atoms with Gasteiger partial charge in [-0.25, -0.2) is 0 Å². The summed E-state index contributed by atoms with van der Waals surface area (Å²) in [6.07, 6.45) is 1.32. The number of carbonyl (C=O) groups excluding carboxylic acids is 2. The van der Waals surface area contributed by atoms with Gasteiger partial charge < -0.3 is 10.1 Å². The number of hydrogen-bond acceptors (Lipinski definition) is 4. The second-order valence-corrected chi connectivity index (χ2v) is 4.63. The van der Waals surface area contributed by atoms with Gasteiger partial charge in [0.25, 0.3) is 0 Å². The zero-order valence-corrected chi connectivity index (χ0v) is 11.4. The molecule has 0 fully saturated rings. The molecule has 0 radical (unpaired) electrons. The van der Waals surface area contributed by atoms with E-state index in [-0.39, 0.29) is 17.3 Å². The molecule has 3 rings (SSSR count). The van der Waals surface area contributed by atoms with Crippen molar-refractivity contribution in [3.63, 3.8) is 0 Å². The number of nitrogens with one attached hydrogen (secondary N) is 1. The lowest BCUT2D eigenvalue weighted by Gasteiger charge is -2.18. The van der Waals surface area contributed by atoms with E-state index < -0.39 is 0 Å². The van der Waals surface area contributed by atoms with Gasteiger partial charge in [-0.2, -0.15) is 0 Å². The maximum Gasteiger partial charge on any atom is 0.210 e. The van der Waals surface area contributed by atoms with Crippen LogP contribution in [0.25, 0.3) is 0 Å². The minimum absolute atomic E-state index is 0.215. The molecule has 0 amide bonds. The summed E-state index contributed by atoms with van der Waals surface area (Å²) in [5.41, 5.74) is 1.71. The molecular weight excluding hydrogens is 266 g/mol. The van der Waals surface area contributed by atoms with Crippen molar-refractivity contribution in [1.82, 2.24) is 0 Å². The number of carbonyl (C=O) groups is 2. The van der Waals surface area contributed by atoms with Crippen molar-refractivity contribution in [2.45, 2.75) is 0 Å². The van der Waals surface area contributed by atoms with Gasteiger partial charge in [0.05, 0.1) is 18.4 Å². The largest absolute Gasteiger partial charge is 0.496 e.